The number of aromatic nitrogens is 1. The van der Waals surface area contributed by atoms with Crippen LogP contribution in [0.15, 0.2) is 6.20 Å². The molecule has 6 heteroatoms. The highest BCUT2D eigenvalue weighted by atomic mass is 16.5. The molecule has 0 aliphatic rings. The van der Waals surface area contributed by atoms with Crippen LogP contribution in [0, 0.1) is 18.3 Å². The van der Waals surface area contributed by atoms with E-state index in [0.29, 0.717) is 11.3 Å². The second-order valence-electron chi connectivity index (χ2n) is 3.56. The Hall–Kier alpha value is -2.42. The molecule has 6 nitrogen and oxygen atoms in total. The zero-order chi connectivity index (χ0) is 13.7. The molecule has 0 unspecified atom stereocenters. The quantitative estimate of drug-likeness (QED) is 0.748. The van der Waals surface area contributed by atoms with E-state index >= 15 is 0 Å². The van der Waals surface area contributed by atoms with E-state index in [0.717, 1.165) is 0 Å². The number of carbonyl (C=O) groups is 2. The summed E-state index contributed by atoms with van der Waals surface area (Å²) in [5.74, 6) is -0.899. The fraction of sp³-hybridized carbons (Fsp3) is 0.333. The van der Waals surface area contributed by atoms with Crippen LogP contribution in [0.5, 0.6) is 5.75 Å². The van der Waals surface area contributed by atoms with Gasteiger partial charge >= 0.3 is 11.9 Å². The van der Waals surface area contributed by atoms with Crippen LogP contribution in [-0.4, -0.2) is 16.9 Å². The topological polar surface area (TPSA) is 89.3 Å². The van der Waals surface area contributed by atoms with E-state index in [2.05, 4.69) is 4.98 Å². The Morgan fingerprint density at radius 3 is 2.56 bits per heavy atom. The molecule has 1 heterocycles. The number of hydrogen-bond donors (Lipinski definition) is 0. The molecule has 0 bridgehead atoms. The van der Waals surface area contributed by atoms with Crippen molar-refractivity contribution in [2.45, 2.75) is 27.4 Å². The molecule has 0 saturated carbocycles. The van der Waals surface area contributed by atoms with Gasteiger partial charge in [0.1, 0.15) is 18.2 Å². The van der Waals surface area contributed by atoms with Crippen LogP contribution in [0.25, 0.3) is 0 Å². The molecule has 94 valence electrons. The molecular weight excluding hydrogens is 236 g/mol. The van der Waals surface area contributed by atoms with Crippen LogP contribution in [0.2, 0.25) is 0 Å². The molecule has 0 radical (unpaired) electrons. The molecule has 0 amide bonds. The fourth-order valence-electron chi connectivity index (χ4n) is 1.30. The molecule has 0 aromatic carbocycles. The maximum atomic E-state index is 11.0. The summed E-state index contributed by atoms with van der Waals surface area (Å²) in [6.07, 6.45) is 1.42. The minimum absolute atomic E-state index is 0.0836. The summed E-state index contributed by atoms with van der Waals surface area (Å²) in [5.41, 5.74) is 0.974. The summed E-state index contributed by atoms with van der Waals surface area (Å²) < 4.78 is 9.75. The second-order valence-corrected chi connectivity index (χ2v) is 3.56. The summed E-state index contributed by atoms with van der Waals surface area (Å²) in [6.45, 7) is 4.04. The van der Waals surface area contributed by atoms with E-state index in [4.69, 9.17) is 14.7 Å². The highest BCUT2D eigenvalue weighted by Crippen LogP contribution is 2.25. The maximum Gasteiger partial charge on any atom is 0.308 e. The van der Waals surface area contributed by atoms with E-state index in [1.807, 2.05) is 6.07 Å². The van der Waals surface area contributed by atoms with Gasteiger partial charge in [-0.05, 0) is 6.92 Å². The number of esters is 2. The van der Waals surface area contributed by atoms with Crippen molar-refractivity contribution in [3.05, 3.63) is 23.0 Å². The Labute approximate surface area is 104 Å². The number of nitrogens with zero attached hydrogens (tertiary/aromatic N) is 2. The van der Waals surface area contributed by atoms with Gasteiger partial charge in [-0.25, -0.2) is 0 Å². The Bertz CT molecular complexity index is 532. The molecule has 1 rings (SSSR count). The number of ether oxygens (including phenoxy) is 2. The van der Waals surface area contributed by atoms with Gasteiger partial charge in [0.2, 0.25) is 0 Å². The SMILES string of the molecule is CC(=O)OCc1cnc(C)c(OC(C)=O)c1C#N. The zero-order valence-electron chi connectivity index (χ0n) is 10.3. The molecule has 1 aromatic rings. The van der Waals surface area contributed by atoms with Crippen LogP contribution in [-0.2, 0) is 20.9 Å². The molecule has 0 aliphatic heterocycles. The zero-order valence-corrected chi connectivity index (χ0v) is 10.3. The molecule has 18 heavy (non-hydrogen) atoms. The molecule has 0 aliphatic carbocycles. The lowest BCUT2D eigenvalue weighted by Crippen LogP contribution is -2.09. The van der Waals surface area contributed by atoms with Crippen molar-refractivity contribution >= 4 is 11.9 Å². The third kappa shape index (κ3) is 3.28. The van der Waals surface area contributed by atoms with Crippen molar-refractivity contribution in [2.75, 3.05) is 0 Å². The Morgan fingerprint density at radius 2 is 2.06 bits per heavy atom. The lowest BCUT2D eigenvalue weighted by Gasteiger charge is -2.10. The summed E-state index contributed by atoms with van der Waals surface area (Å²) >= 11 is 0. The monoisotopic (exact) mass is 248 g/mol. The average molecular weight is 248 g/mol. The number of rotatable bonds is 3. The van der Waals surface area contributed by atoms with Crippen LogP contribution in [0.4, 0.5) is 0 Å². The predicted molar refractivity (Wildman–Crippen MR) is 60.5 cm³/mol. The van der Waals surface area contributed by atoms with Crippen LogP contribution >= 0.6 is 0 Å². The van der Waals surface area contributed by atoms with Crippen LogP contribution in [0.3, 0.4) is 0 Å². The molecule has 1 aromatic heterocycles. The minimum atomic E-state index is -0.541. The first-order chi connectivity index (χ1) is 8.45. The highest BCUT2D eigenvalue weighted by molar-refractivity contribution is 5.71. The number of hydrogen-bond acceptors (Lipinski definition) is 6. The number of nitriles is 1. The molecule has 0 spiro atoms. The first-order valence-electron chi connectivity index (χ1n) is 5.16. The lowest BCUT2D eigenvalue weighted by molar-refractivity contribution is -0.142. The van der Waals surface area contributed by atoms with E-state index in [1.54, 1.807) is 6.92 Å². The smallest absolute Gasteiger partial charge is 0.308 e. The van der Waals surface area contributed by atoms with Gasteiger partial charge in [0.05, 0.1) is 5.69 Å². The Kier molecular flexibility index (Phi) is 4.38. The largest absolute Gasteiger partial charge is 0.461 e. The summed E-state index contributed by atoms with van der Waals surface area (Å²) in [4.78, 5) is 25.7. The fourth-order valence-corrected chi connectivity index (χ4v) is 1.30. The first kappa shape index (κ1) is 13.6. The highest BCUT2D eigenvalue weighted by Gasteiger charge is 2.16. The van der Waals surface area contributed by atoms with Crippen molar-refractivity contribution in [3.63, 3.8) is 0 Å². The standard InChI is InChI=1S/C12H12N2O4/c1-7-12(18-9(3)16)11(4-13)10(5-14-7)6-17-8(2)15/h5H,6H2,1-3H3. The molecule has 0 N–H and O–H groups in total. The van der Waals surface area contributed by atoms with Gasteiger partial charge in [-0.3, -0.25) is 14.6 Å². The van der Waals surface area contributed by atoms with Crippen molar-refractivity contribution in [1.29, 1.82) is 5.26 Å². The van der Waals surface area contributed by atoms with Crippen LogP contribution in [0.1, 0.15) is 30.7 Å². The van der Waals surface area contributed by atoms with Gasteiger partial charge in [0, 0.05) is 25.6 Å². The summed E-state index contributed by atoms with van der Waals surface area (Å²) in [5, 5.41) is 9.09. The molecule has 0 saturated heterocycles. The molecular formula is C12H12N2O4. The third-order valence-corrected chi connectivity index (χ3v) is 2.08. The summed E-state index contributed by atoms with van der Waals surface area (Å²) in [6, 6.07) is 1.93. The van der Waals surface area contributed by atoms with Crippen molar-refractivity contribution < 1.29 is 19.1 Å². The van der Waals surface area contributed by atoms with Gasteiger partial charge in [-0.2, -0.15) is 5.26 Å². The summed E-state index contributed by atoms with van der Waals surface area (Å²) in [7, 11) is 0. The number of pyridine rings is 1. The average Bonchev–Trinajstić information content (AvgIpc) is 2.29. The van der Waals surface area contributed by atoms with E-state index < -0.39 is 11.9 Å². The van der Waals surface area contributed by atoms with Gasteiger partial charge < -0.3 is 9.47 Å². The minimum Gasteiger partial charge on any atom is -0.461 e. The lowest BCUT2D eigenvalue weighted by atomic mass is 10.1. The van der Waals surface area contributed by atoms with Crippen molar-refractivity contribution in [2.24, 2.45) is 0 Å². The van der Waals surface area contributed by atoms with Gasteiger partial charge in [-0.15, -0.1) is 0 Å². The van der Waals surface area contributed by atoms with E-state index in [9.17, 15) is 9.59 Å². The second kappa shape index (κ2) is 5.77. The van der Waals surface area contributed by atoms with Crippen LogP contribution < -0.4 is 4.74 Å². The van der Waals surface area contributed by atoms with Gasteiger partial charge in [0.25, 0.3) is 0 Å². The van der Waals surface area contributed by atoms with Gasteiger partial charge in [-0.1, -0.05) is 0 Å². The first-order valence-corrected chi connectivity index (χ1v) is 5.16. The normalized spacial score (nSPS) is 9.44. The Balaban J connectivity index is 3.17. The Morgan fingerprint density at radius 1 is 1.39 bits per heavy atom. The van der Waals surface area contributed by atoms with Crippen molar-refractivity contribution in [1.82, 2.24) is 4.98 Å². The third-order valence-electron chi connectivity index (χ3n) is 2.08. The number of aryl methyl sites for hydroxylation is 1. The van der Waals surface area contributed by atoms with Gasteiger partial charge in [0.15, 0.2) is 5.75 Å². The predicted octanol–water partition coefficient (Wildman–Crippen LogP) is 1.25. The molecule has 0 atom stereocenters. The van der Waals surface area contributed by atoms with E-state index in [-0.39, 0.29) is 17.9 Å². The molecule has 0 fully saturated rings. The maximum absolute atomic E-state index is 11.0. The van der Waals surface area contributed by atoms with Crippen molar-refractivity contribution in [3.8, 4) is 11.8 Å². The van der Waals surface area contributed by atoms with E-state index in [1.165, 1.54) is 20.0 Å². The number of carbonyl (C=O) groups excluding carboxylic acids is 2.